The van der Waals surface area contributed by atoms with E-state index in [9.17, 15) is 0 Å². The summed E-state index contributed by atoms with van der Waals surface area (Å²) >= 11 is 0. The predicted molar refractivity (Wildman–Crippen MR) is 124 cm³/mol. The van der Waals surface area contributed by atoms with Gasteiger partial charge in [-0.1, -0.05) is 59.1 Å². The third-order valence-electron chi connectivity index (χ3n) is 6.18. The molecule has 28 heavy (non-hydrogen) atoms. The minimum Gasteiger partial charge on any atom is -0.413 e. The van der Waals surface area contributed by atoms with Gasteiger partial charge in [-0.15, -0.1) is 0 Å². The van der Waals surface area contributed by atoms with Crippen molar-refractivity contribution >= 4 is 16.4 Å². The van der Waals surface area contributed by atoms with Gasteiger partial charge in [0.1, 0.15) is 0 Å². The quantitative estimate of drug-likeness (QED) is 0.408. The fourth-order valence-corrected chi connectivity index (χ4v) is 5.54. The number of ether oxygens (including phenoxy) is 3. The standard InChI is InChI=1S/C22H46O4Si2/c1-17(12-13-27(7,8)9)19(26-28(10,11)22(2,3)4)14-18-15-20(23-5)25-21(16-18)24-6/h12-13,17-21H,14-16H2,1-11H3/b13-12+/t17-,18?,19-,20?,21?/m1/s1. The van der Waals surface area contributed by atoms with E-state index in [1.165, 1.54) is 0 Å². The van der Waals surface area contributed by atoms with Gasteiger partial charge in [0.25, 0.3) is 0 Å². The molecule has 4 nitrogen and oxygen atoms in total. The Kier molecular flexibility index (Phi) is 9.63. The Morgan fingerprint density at radius 3 is 1.89 bits per heavy atom. The summed E-state index contributed by atoms with van der Waals surface area (Å²) in [6.07, 6.45) is 5.07. The minimum absolute atomic E-state index is 0.190. The molecule has 0 saturated carbocycles. The first kappa shape index (κ1) is 26.0. The lowest BCUT2D eigenvalue weighted by Gasteiger charge is -2.42. The van der Waals surface area contributed by atoms with E-state index in [1.54, 1.807) is 14.2 Å². The molecule has 0 N–H and O–H groups in total. The minimum atomic E-state index is -1.86. The van der Waals surface area contributed by atoms with Gasteiger partial charge in [0.15, 0.2) is 20.9 Å². The summed E-state index contributed by atoms with van der Waals surface area (Å²) in [6, 6.07) is 0. The monoisotopic (exact) mass is 430 g/mol. The Morgan fingerprint density at radius 1 is 1.00 bits per heavy atom. The molecule has 0 amide bonds. The molecular formula is C22H46O4Si2. The highest BCUT2D eigenvalue weighted by Crippen LogP contribution is 2.40. The van der Waals surface area contributed by atoms with Crippen LogP contribution in [0.1, 0.15) is 47.0 Å². The maximum absolute atomic E-state index is 6.95. The van der Waals surface area contributed by atoms with Crippen LogP contribution in [0.4, 0.5) is 0 Å². The first-order valence-corrected chi connectivity index (χ1v) is 17.3. The van der Waals surface area contributed by atoms with Crippen molar-refractivity contribution in [3.8, 4) is 0 Å². The van der Waals surface area contributed by atoms with Gasteiger partial charge >= 0.3 is 0 Å². The molecule has 1 rings (SSSR count). The SMILES string of the molecule is COC1CC(C[C@@H](O[Si](C)(C)C(C)(C)C)[C@H](C)/C=C/[Si](C)(C)C)CC(OC)O1. The molecule has 1 aliphatic heterocycles. The van der Waals surface area contributed by atoms with Crippen molar-refractivity contribution < 1.29 is 18.6 Å². The molecule has 4 atom stereocenters. The molecular weight excluding hydrogens is 384 g/mol. The molecule has 2 unspecified atom stereocenters. The zero-order valence-corrected chi connectivity index (χ0v) is 22.3. The van der Waals surface area contributed by atoms with Crippen LogP contribution in [0.5, 0.6) is 0 Å². The fraction of sp³-hybridized carbons (Fsp3) is 0.909. The molecule has 0 aromatic carbocycles. The second-order valence-corrected chi connectivity index (χ2v) is 20.9. The van der Waals surface area contributed by atoms with Gasteiger partial charge in [-0.05, 0) is 36.4 Å². The van der Waals surface area contributed by atoms with Crippen molar-refractivity contribution in [3.05, 3.63) is 11.8 Å². The summed E-state index contributed by atoms with van der Waals surface area (Å²) in [7, 11) is 0.333. The molecule has 0 aliphatic carbocycles. The van der Waals surface area contributed by atoms with Gasteiger partial charge in [0.05, 0.1) is 14.2 Å². The highest BCUT2D eigenvalue weighted by Gasteiger charge is 2.41. The van der Waals surface area contributed by atoms with E-state index in [1.807, 2.05) is 0 Å². The lowest BCUT2D eigenvalue weighted by Crippen LogP contribution is -2.46. The molecule has 1 fully saturated rings. The maximum Gasteiger partial charge on any atom is 0.192 e. The van der Waals surface area contributed by atoms with Crippen LogP contribution in [0, 0.1) is 11.8 Å². The zero-order valence-electron chi connectivity index (χ0n) is 20.3. The first-order chi connectivity index (χ1) is 12.7. The van der Waals surface area contributed by atoms with Crippen molar-refractivity contribution in [2.24, 2.45) is 11.8 Å². The van der Waals surface area contributed by atoms with Crippen LogP contribution in [0.2, 0.25) is 37.8 Å². The average molecular weight is 431 g/mol. The first-order valence-electron chi connectivity index (χ1n) is 10.8. The molecule has 1 saturated heterocycles. The van der Waals surface area contributed by atoms with Crippen LogP contribution in [-0.4, -0.2) is 49.3 Å². The predicted octanol–water partition coefficient (Wildman–Crippen LogP) is 6.21. The van der Waals surface area contributed by atoms with Crippen LogP contribution in [0.15, 0.2) is 11.8 Å². The lowest BCUT2D eigenvalue weighted by molar-refractivity contribution is -0.264. The van der Waals surface area contributed by atoms with E-state index < -0.39 is 16.4 Å². The zero-order chi connectivity index (χ0) is 21.8. The van der Waals surface area contributed by atoms with E-state index in [-0.39, 0.29) is 23.7 Å². The number of methoxy groups -OCH3 is 2. The average Bonchev–Trinajstić information content (AvgIpc) is 2.56. The van der Waals surface area contributed by atoms with Crippen LogP contribution < -0.4 is 0 Å². The fourth-order valence-electron chi connectivity index (χ4n) is 3.24. The van der Waals surface area contributed by atoms with Gasteiger partial charge in [0, 0.05) is 27.1 Å². The number of rotatable bonds is 9. The molecule has 0 aromatic rings. The largest absolute Gasteiger partial charge is 0.413 e. The van der Waals surface area contributed by atoms with Gasteiger partial charge < -0.3 is 18.6 Å². The Bertz CT molecular complexity index is 482. The molecule has 166 valence electrons. The molecule has 6 heteroatoms. The Labute approximate surface area is 176 Å². The molecule has 0 aromatic heterocycles. The van der Waals surface area contributed by atoms with Crippen molar-refractivity contribution in [3.63, 3.8) is 0 Å². The summed E-state index contributed by atoms with van der Waals surface area (Å²) in [5.74, 6) is 0.867. The van der Waals surface area contributed by atoms with Crippen molar-refractivity contribution in [1.82, 2.24) is 0 Å². The molecule has 1 aliphatic rings. The normalized spacial score (nSPS) is 27.2. The summed E-state index contributed by atoms with van der Waals surface area (Å²) in [4.78, 5) is 0. The van der Waals surface area contributed by atoms with Gasteiger partial charge in [-0.3, -0.25) is 0 Å². The molecule has 0 bridgehead atoms. The lowest BCUT2D eigenvalue weighted by atomic mass is 9.88. The van der Waals surface area contributed by atoms with Crippen LogP contribution in [0.25, 0.3) is 0 Å². The number of hydrogen-bond acceptors (Lipinski definition) is 4. The van der Waals surface area contributed by atoms with E-state index in [2.05, 4.69) is 72.2 Å². The summed E-state index contributed by atoms with van der Waals surface area (Å²) < 4.78 is 23.8. The van der Waals surface area contributed by atoms with Crippen molar-refractivity contribution in [1.29, 1.82) is 0 Å². The maximum atomic E-state index is 6.95. The van der Waals surface area contributed by atoms with E-state index in [4.69, 9.17) is 18.6 Å². The second kappa shape index (κ2) is 10.4. The van der Waals surface area contributed by atoms with Crippen LogP contribution in [-0.2, 0) is 18.6 Å². The highest BCUT2D eigenvalue weighted by atomic mass is 28.4. The van der Waals surface area contributed by atoms with Crippen molar-refractivity contribution in [2.45, 2.75) is 103 Å². The van der Waals surface area contributed by atoms with Crippen molar-refractivity contribution in [2.75, 3.05) is 14.2 Å². The molecule has 0 radical (unpaired) electrons. The van der Waals surface area contributed by atoms with Crippen LogP contribution in [0.3, 0.4) is 0 Å². The van der Waals surface area contributed by atoms with E-state index in [0.717, 1.165) is 19.3 Å². The summed E-state index contributed by atoms with van der Waals surface area (Å²) in [5, 5.41) is 0.202. The van der Waals surface area contributed by atoms with E-state index in [0.29, 0.717) is 11.8 Å². The third kappa shape index (κ3) is 8.40. The smallest absolute Gasteiger partial charge is 0.192 e. The summed E-state index contributed by atoms with van der Waals surface area (Å²) in [5.41, 5.74) is 2.46. The third-order valence-corrected chi connectivity index (χ3v) is 11.9. The van der Waals surface area contributed by atoms with Gasteiger partial charge in [-0.2, -0.15) is 0 Å². The van der Waals surface area contributed by atoms with Gasteiger partial charge in [-0.25, -0.2) is 0 Å². The molecule has 0 spiro atoms. The van der Waals surface area contributed by atoms with E-state index >= 15 is 0 Å². The Morgan fingerprint density at radius 2 is 1.50 bits per heavy atom. The second-order valence-electron chi connectivity index (χ2n) is 11.0. The summed E-state index contributed by atoms with van der Waals surface area (Å²) in [6.45, 7) is 21.1. The highest BCUT2D eigenvalue weighted by molar-refractivity contribution is 6.80. The van der Waals surface area contributed by atoms with Gasteiger partial charge in [0.2, 0.25) is 0 Å². The Hall–Kier alpha value is 0.0138. The molecule has 1 heterocycles. The van der Waals surface area contributed by atoms with Crippen LogP contribution >= 0.6 is 0 Å². The number of hydrogen-bond donors (Lipinski definition) is 0. The topological polar surface area (TPSA) is 36.9 Å². The Balaban J connectivity index is 3.01.